The molecule has 1 saturated heterocycles. The van der Waals surface area contributed by atoms with Gasteiger partial charge in [0, 0.05) is 25.5 Å². The number of carbonyl (C=O) groups is 2. The molecule has 2 aliphatic rings. The van der Waals surface area contributed by atoms with E-state index in [1.165, 1.54) is 4.90 Å². The van der Waals surface area contributed by atoms with Gasteiger partial charge in [-0.3, -0.25) is 4.90 Å². The number of carboxylic acid groups (broad SMARTS) is 1. The SMILES string of the molecule is O=C(O)C1CCOCCN1C(=O)OCC1c2ccccc2-c2ccccc21. The van der Waals surface area contributed by atoms with Crippen LogP contribution in [0.3, 0.4) is 0 Å². The zero-order valence-electron chi connectivity index (χ0n) is 14.8. The fraction of sp³-hybridized carbons (Fsp3) is 0.333. The number of nitrogens with zero attached hydrogens (tertiary/aromatic N) is 1. The van der Waals surface area contributed by atoms with Crippen molar-refractivity contribution >= 4 is 12.1 Å². The first-order chi connectivity index (χ1) is 13.2. The van der Waals surface area contributed by atoms with Gasteiger partial charge in [-0.25, -0.2) is 9.59 Å². The number of carboxylic acids is 1. The summed E-state index contributed by atoms with van der Waals surface area (Å²) >= 11 is 0. The van der Waals surface area contributed by atoms with Crippen molar-refractivity contribution in [3.63, 3.8) is 0 Å². The molecule has 1 unspecified atom stereocenters. The molecule has 27 heavy (non-hydrogen) atoms. The Bertz CT molecular complexity index is 820. The summed E-state index contributed by atoms with van der Waals surface area (Å²) in [5.41, 5.74) is 4.56. The third kappa shape index (κ3) is 3.28. The Hall–Kier alpha value is -2.86. The summed E-state index contributed by atoms with van der Waals surface area (Å²) in [7, 11) is 0. The maximum absolute atomic E-state index is 12.6. The van der Waals surface area contributed by atoms with Crippen LogP contribution in [0.25, 0.3) is 11.1 Å². The number of hydrogen-bond donors (Lipinski definition) is 1. The highest BCUT2D eigenvalue weighted by Crippen LogP contribution is 2.44. The van der Waals surface area contributed by atoms with Crippen molar-refractivity contribution in [3.05, 3.63) is 59.7 Å². The number of rotatable bonds is 3. The van der Waals surface area contributed by atoms with Gasteiger partial charge in [0.15, 0.2) is 0 Å². The van der Waals surface area contributed by atoms with Gasteiger partial charge in [-0.1, -0.05) is 48.5 Å². The average Bonchev–Trinajstić information content (AvgIpc) is 2.83. The normalized spacial score (nSPS) is 19.1. The molecule has 0 aromatic heterocycles. The molecule has 1 heterocycles. The second kappa shape index (κ2) is 7.40. The lowest BCUT2D eigenvalue weighted by atomic mass is 9.98. The summed E-state index contributed by atoms with van der Waals surface area (Å²) < 4.78 is 10.9. The van der Waals surface area contributed by atoms with Crippen LogP contribution in [-0.4, -0.2) is 54.5 Å². The summed E-state index contributed by atoms with van der Waals surface area (Å²) in [6.07, 6.45) is -0.339. The van der Waals surface area contributed by atoms with Crippen LogP contribution < -0.4 is 0 Å². The van der Waals surface area contributed by atoms with Gasteiger partial charge >= 0.3 is 12.1 Å². The number of hydrogen-bond acceptors (Lipinski definition) is 4. The largest absolute Gasteiger partial charge is 0.480 e. The lowest BCUT2D eigenvalue weighted by Gasteiger charge is -2.26. The van der Waals surface area contributed by atoms with Crippen LogP contribution in [0.2, 0.25) is 0 Å². The Morgan fingerprint density at radius 1 is 1.04 bits per heavy atom. The molecule has 2 aromatic carbocycles. The van der Waals surface area contributed by atoms with Gasteiger partial charge in [-0.2, -0.15) is 0 Å². The predicted octanol–water partition coefficient (Wildman–Crippen LogP) is 3.11. The minimum Gasteiger partial charge on any atom is -0.480 e. The molecule has 6 heteroatoms. The molecule has 0 bridgehead atoms. The number of carbonyl (C=O) groups excluding carboxylic acids is 1. The fourth-order valence-corrected chi connectivity index (χ4v) is 3.92. The molecule has 1 N–H and O–H groups in total. The Morgan fingerprint density at radius 2 is 1.67 bits per heavy atom. The smallest absolute Gasteiger partial charge is 0.410 e. The van der Waals surface area contributed by atoms with E-state index in [0.717, 1.165) is 22.3 Å². The van der Waals surface area contributed by atoms with Crippen molar-refractivity contribution in [2.24, 2.45) is 0 Å². The van der Waals surface area contributed by atoms with Crippen LogP contribution in [0, 0.1) is 0 Å². The van der Waals surface area contributed by atoms with Crippen LogP contribution in [-0.2, 0) is 14.3 Å². The summed E-state index contributed by atoms with van der Waals surface area (Å²) in [6.45, 7) is 1.03. The number of amides is 1. The molecule has 1 atom stereocenters. The van der Waals surface area contributed by atoms with E-state index >= 15 is 0 Å². The first-order valence-electron chi connectivity index (χ1n) is 9.09. The second-order valence-corrected chi connectivity index (χ2v) is 6.75. The fourth-order valence-electron chi connectivity index (χ4n) is 3.92. The van der Waals surface area contributed by atoms with E-state index in [1.54, 1.807) is 0 Å². The Labute approximate surface area is 157 Å². The Kier molecular flexibility index (Phi) is 4.81. The Morgan fingerprint density at radius 3 is 2.30 bits per heavy atom. The van der Waals surface area contributed by atoms with Gasteiger partial charge in [0.25, 0.3) is 0 Å². The summed E-state index contributed by atoms with van der Waals surface area (Å²) in [4.78, 5) is 25.4. The molecule has 1 aliphatic carbocycles. The van der Waals surface area contributed by atoms with Crippen molar-refractivity contribution in [1.29, 1.82) is 0 Å². The highest BCUT2D eigenvalue weighted by atomic mass is 16.6. The molecule has 1 amide bonds. The number of fused-ring (bicyclic) bond motifs is 3. The lowest BCUT2D eigenvalue weighted by molar-refractivity contribution is -0.142. The molecule has 6 nitrogen and oxygen atoms in total. The minimum atomic E-state index is -1.03. The van der Waals surface area contributed by atoms with Gasteiger partial charge < -0.3 is 14.6 Å². The monoisotopic (exact) mass is 367 g/mol. The van der Waals surface area contributed by atoms with Crippen molar-refractivity contribution < 1.29 is 24.2 Å². The summed E-state index contributed by atoms with van der Waals surface area (Å²) in [6, 6.07) is 15.3. The number of benzene rings is 2. The van der Waals surface area contributed by atoms with Gasteiger partial charge in [-0.15, -0.1) is 0 Å². The summed E-state index contributed by atoms with van der Waals surface area (Å²) in [5.74, 6) is -1.08. The first kappa shape index (κ1) is 17.5. The standard InChI is InChI=1S/C21H21NO5/c23-20(24)19-9-11-26-12-10-22(19)21(25)27-13-18-16-7-3-1-5-14(16)15-6-2-4-8-17(15)18/h1-8,18-19H,9-13H2,(H,23,24). The van der Waals surface area contributed by atoms with E-state index in [-0.39, 0.29) is 25.5 Å². The summed E-state index contributed by atoms with van der Waals surface area (Å²) in [5, 5.41) is 9.42. The number of ether oxygens (including phenoxy) is 2. The third-order valence-electron chi connectivity index (χ3n) is 5.24. The molecule has 0 spiro atoms. The molecule has 4 rings (SSSR count). The minimum absolute atomic E-state index is 0.0483. The van der Waals surface area contributed by atoms with E-state index in [0.29, 0.717) is 13.2 Å². The second-order valence-electron chi connectivity index (χ2n) is 6.75. The van der Waals surface area contributed by atoms with Gasteiger partial charge in [0.2, 0.25) is 0 Å². The Balaban J connectivity index is 1.53. The highest BCUT2D eigenvalue weighted by molar-refractivity contribution is 5.81. The van der Waals surface area contributed by atoms with Crippen molar-refractivity contribution in [2.75, 3.05) is 26.4 Å². The van der Waals surface area contributed by atoms with E-state index < -0.39 is 18.1 Å². The van der Waals surface area contributed by atoms with Crippen molar-refractivity contribution in [2.45, 2.75) is 18.4 Å². The van der Waals surface area contributed by atoms with Crippen LogP contribution >= 0.6 is 0 Å². The maximum Gasteiger partial charge on any atom is 0.410 e. The van der Waals surface area contributed by atoms with Crippen molar-refractivity contribution in [3.8, 4) is 11.1 Å². The molecular formula is C21H21NO5. The average molecular weight is 367 g/mol. The van der Waals surface area contributed by atoms with E-state index in [2.05, 4.69) is 12.1 Å². The molecule has 1 aliphatic heterocycles. The highest BCUT2D eigenvalue weighted by Gasteiger charge is 2.34. The molecule has 0 saturated carbocycles. The van der Waals surface area contributed by atoms with Crippen LogP contribution in [0.1, 0.15) is 23.5 Å². The molecule has 140 valence electrons. The van der Waals surface area contributed by atoms with Gasteiger partial charge in [-0.05, 0) is 22.3 Å². The quantitative estimate of drug-likeness (QED) is 0.902. The predicted molar refractivity (Wildman–Crippen MR) is 98.6 cm³/mol. The third-order valence-corrected chi connectivity index (χ3v) is 5.24. The van der Waals surface area contributed by atoms with E-state index in [4.69, 9.17) is 9.47 Å². The maximum atomic E-state index is 12.6. The van der Waals surface area contributed by atoms with Crippen LogP contribution in [0.15, 0.2) is 48.5 Å². The lowest BCUT2D eigenvalue weighted by Crippen LogP contribution is -2.46. The van der Waals surface area contributed by atoms with E-state index in [9.17, 15) is 14.7 Å². The molecule has 2 aromatic rings. The molecule has 1 fully saturated rings. The topological polar surface area (TPSA) is 76.1 Å². The first-order valence-corrected chi connectivity index (χ1v) is 9.09. The number of aliphatic carboxylic acids is 1. The molecular weight excluding hydrogens is 346 g/mol. The zero-order chi connectivity index (χ0) is 18.8. The van der Waals surface area contributed by atoms with Crippen molar-refractivity contribution in [1.82, 2.24) is 4.90 Å². The van der Waals surface area contributed by atoms with E-state index in [1.807, 2.05) is 36.4 Å². The zero-order valence-corrected chi connectivity index (χ0v) is 14.8. The van der Waals surface area contributed by atoms with Crippen LogP contribution in [0.5, 0.6) is 0 Å². The van der Waals surface area contributed by atoms with Gasteiger partial charge in [0.05, 0.1) is 6.61 Å². The van der Waals surface area contributed by atoms with Gasteiger partial charge in [0.1, 0.15) is 12.6 Å². The molecule has 0 radical (unpaired) electrons. The van der Waals surface area contributed by atoms with Crippen LogP contribution in [0.4, 0.5) is 4.79 Å².